The molecule has 1 amide bonds. The lowest BCUT2D eigenvalue weighted by Crippen LogP contribution is -2.17. The standard InChI is InChI=1S/C20H16ClNO3/c1-24-19-10-6-5-9-17(19)22-20(23)25-18-12-11-15(13-16(18)21)14-7-3-2-4-8-14/h2-13H,1H3,(H,22,23). The zero-order valence-corrected chi connectivity index (χ0v) is 14.3. The first-order chi connectivity index (χ1) is 12.2. The average Bonchev–Trinajstić information content (AvgIpc) is 2.64. The van der Waals surface area contributed by atoms with E-state index in [0.29, 0.717) is 16.5 Å². The number of methoxy groups -OCH3 is 1. The van der Waals surface area contributed by atoms with Gasteiger partial charge in [-0.15, -0.1) is 0 Å². The molecule has 5 heteroatoms. The first kappa shape index (κ1) is 16.9. The van der Waals surface area contributed by atoms with Gasteiger partial charge in [0, 0.05) is 0 Å². The van der Waals surface area contributed by atoms with Gasteiger partial charge in [0.25, 0.3) is 0 Å². The molecule has 0 radical (unpaired) electrons. The Balaban J connectivity index is 1.73. The van der Waals surface area contributed by atoms with Gasteiger partial charge >= 0.3 is 6.09 Å². The van der Waals surface area contributed by atoms with E-state index < -0.39 is 6.09 Å². The third kappa shape index (κ3) is 4.11. The Morgan fingerprint density at radius 2 is 1.60 bits per heavy atom. The van der Waals surface area contributed by atoms with E-state index in [1.807, 2.05) is 42.5 Å². The zero-order valence-electron chi connectivity index (χ0n) is 13.5. The zero-order chi connectivity index (χ0) is 17.6. The summed E-state index contributed by atoms with van der Waals surface area (Å²) < 4.78 is 10.5. The number of anilines is 1. The number of halogens is 1. The van der Waals surface area contributed by atoms with Crippen molar-refractivity contribution in [3.05, 3.63) is 77.8 Å². The van der Waals surface area contributed by atoms with Gasteiger partial charge in [-0.25, -0.2) is 4.79 Å². The average molecular weight is 354 g/mol. The van der Waals surface area contributed by atoms with Gasteiger partial charge in [-0.05, 0) is 35.4 Å². The topological polar surface area (TPSA) is 47.6 Å². The summed E-state index contributed by atoms with van der Waals surface area (Å²) in [7, 11) is 1.53. The number of ether oxygens (including phenoxy) is 2. The van der Waals surface area contributed by atoms with Crippen LogP contribution in [0.5, 0.6) is 11.5 Å². The maximum atomic E-state index is 12.1. The molecule has 0 aliphatic rings. The Kier molecular flexibility index (Phi) is 5.21. The molecule has 1 N–H and O–H groups in total. The molecule has 0 unspecified atom stereocenters. The highest BCUT2D eigenvalue weighted by atomic mass is 35.5. The molecule has 0 atom stereocenters. The summed E-state index contributed by atoms with van der Waals surface area (Å²) in [6, 6.07) is 22.2. The summed E-state index contributed by atoms with van der Waals surface area (Å²) in [6.45, 7) is 0. The summed E-state index contributed by atoms with van der Waals surface area (Å²) in [5.41, 5.74) is 2.50. The fourth-order valence-electron chi connectivity index (χ4n) is 2.38. The minimum absolute atomic E-state index is 0.286. The molecule has 0 fully saturated rings. The molecule has 126 valence electrons. The van der Waals surface area contributed by atoms with E-state index in [4.69, 9.17) is 21.1 Å². The van der Waals surface area contributed by atoms with Crippen molar-refractivity contribution in [2.75, 3.05) is 12.4 Å². The molecule has 0 saturated heterocycles. The second-order valence-corrected chi connectivity index (χ2v) is 5.63. The smallest absolute Gasteiger partial charge is 0.417 e. The summed E-state index contributed by atoms with van der Waals surface area (Å²) in [4.78, 5) is 12.1. The van der Waals surface area contributed by atoms with Gasteiger partial charge in [0.15, 0.2) is 5.75 Å². The van der Waals surface area contributed by atoms with E-state index in [2.05, 4.69) is 5.32 Å². The lowest BCUT2D eigenvalue weighted by atomic mass is 10.1. The molecule has 3 aromatic carbocycles. The molecule has 25 heavy (non-hydrogen) atoms. The Hall–Kier alpha value is -2.98. The van der Waals surface area contributed by atoms with Gasteiger partial charge in [-0.2, -0.15) is 0 Å². The Bertz CT molecular complexity index is 881. The Morgan fingerprint density at radius 3 is 2.32 bits per heavy atom. The van der Waals surface area contributed by atoms with Crippen LogP contribution in [0.4, 0.5) is 10.5 Å². The van der Waals surface area contributed by atoms with Crippen LogP contribution >= 0.6 is 11.6 Å². The molecule has 0 saturated carbocycles. The van der Waals surface area contributed by atoms with E-state index in [1.165, 1.54) is 7.11 Å². The van der Waals surface area contributed by atoms with Crippen molar-refractivity contribution in [1.82, 2.24) is 0 Å². The molecule has 3 aromatic rings. The van der Waals surface area contributed by atoms with E-state index in [-0.39, 0.29) is 5.75 Å². The van der Waals surface area contributed by atoms with Gasteiger partial charge in [0.1, 0.15) is 5.75 Å². The number of nitrogens with one attached hydrogen (secondary N) is 1. The van der Waals surface area contributed by atoms with Crippen LogP contribution in [-0.2, 0) is 0 Å². The normalized spacial score (nSPS) is 10.2. The Labute approximate surface area is 151 Å². The van der Waals surface area contributed by atoms with Gasteiger partial charge in [-0.3, -0.25) is 5.32 Å². The van der Waals surface area contributed by atoms with Gasteiger partial charge in [0.05, 0.1) is 17.8 Å². The maximum absolute atomic E-state index is 12.1. The van der Waals surface area contributed by atoms with E-state index >= 15 is 0 Å². The number of carbonyl (C=O) groups excluding carboxylic acids is 1. The summed E-state index contributed by atoms with van der Waals surface area (Å²) in [5.74, 6) is 0.832. The van der Waals surface area contributed by atoms with Gasteiger partial charge < -0.3 is 9.47 Å². The first-order valence-corrected chi connectivity index (χ1v) is 8.02. The van der Waals surface area contributed by atoms with Crippen LogP contribution < -0.4 is 14.8 Å². The van der Waals surface area contributed by atoms with E-state index in [1.54, 1.807) is 30.3 Å². The van der Waals surface area contributed by atoms with Crippen LogP contribution in [0.3, 0.4) is 0 Å². The van der Waals surface area contributed by atoms with Gasteiger partial charge in [0.2, 0.25) is 0 Å². The monoisotopic (exact) mass is 353 g/mol. The SMILES string of the molecule is COc1ccccc1NC(=O)Oc1ccc(-c2ccccc2)cc1Cl. The molecule has 4 nitrogen and oxygen atoms in total. The first-order valence-electron chi connectivity index (χ1n) is 7.64. The van der Waals surface area contributed by atoms with Crippen LogP contribution in [0.25, 0.3) is 11.1 Å². The third-order valence-electron chi connectivity index (χ3n) is 3.59. The van der Waals surface area contributed by atoms with Crippen LogP contribution in [-0.4, -0.2) is 13.2 Å². The van der Waals surface area contributed by atoms with Crippen molar-refractivity contribution in [3.63, 3.8) is 0 Å². The minimum atomic E-state index is -0.640. The van der Waals surface area contributed by atoms with Crippen molar-refractivity contribution in [3.8, 4) is 22.6 Å². The molecule has 0 aliphatic carbocycles. The summed E-state index contributed by atoms with van der Waals surface area (Å²) in [5, 5.41) is 3.00. The predicted molar refractivity (Wildman–Crippen MR) is 99.5 cm³/mol. The van der Waals surface area contributed by atoms with Crippen LogP contribution in [0.2, 0.25) is 5.02 Å². The largest absolute Gasteiger partial charge is 0.495 e. The second kappa shape index (κ2) is 7.73. The number of hydrogen-bond donors (Lipinski definition) is 1. The fraction of sp³-hybridized carbons (Fsp3) is 0.0500. The van der Waals surface area contributed by atoms with Crippen molar-refractivity contribution in [2.45, 2.75) is 0 Å². The molecular weight excluding hydrogens is 338 g/mol. The number of benzene rings is 3. The van der Waals surface area contributed by atoms with Crippen molar-refractivity contribution in [1.29, 1.82) is 0 Å². The quantitative estimate of drug-likeness (QED) is 0.661. The highest BCUT2D eigenvalue weighted by Gasteiger charge is 2.12. The molecule has 0 bridgehead atoms. The highest BCUT2D eigenvalue weighted by molar-refractivity contribution is 6.32. The third-order valence-corrected chi connectivity index (χ3v) is 3.88. The lowest BCUT2D eigenvalue weighted by Gasteiger charge is -2.11. The highest BCUT2D eigenvalue weighted by Crippen LogP contribution is 2.31. The summed E-state index contributed by atoms with van der Waals surface area (Å²) >= 11 is 6.26. The molecule has 0 aromatic heterocycles. The fourth-order valence-corrected chi connectivity index (χ4v) is 2.60. The molecule has 3 rings (SSSR count). The van der Waals surface area contributed by atoms with E-state index in [9.17, 15) is 4.79 Å². The number of carbonyl (C=O) groups is 1. The number of amides is 1. The van der Waals surface area contributed by atoms with Crippen LogP contribution in [0, 0.1) is 0 Å². The predicted octanol–water partition coefficient (Wildman–Crippen LogP) is 5.63. The van der Waals surface area contributed by atoms with Crippen molar-refractivity contribution >= 4 is 23.4 Å². The van der Waals surface area contributed by atoms with Gasteiger partial charge in [-0.1, -0.05) is 60.1 Å². The lowest BCUT2D eigenvalue weighted by molar-refractivity contribution is 0.215. The molecule has 0 spiro atoms. The second-order valence-electron chi connectivity index (χ2n) is 5.23. The van der Waals surface area contributed by atoms with Crippen LogP contribution in [0.1, 0.15) is 0 Å². The molecule has 0 heterocycles. The number of rotatable bonds is 4. The maximum Gasteiger partial charge on any atom is 0.417 e. The molecular formula is C20H16ClNO3. The molecule has 0 aliphatic heterocycles. The van der Waals surface area contributed by atoms with Crippen molar-refractivity contribution in [2.24, 2.45) is 0 Å². The Morgan fingerprint density at radius 1 is 0.880 bits per heavy atom. The van der Waals surface area contributed by atoms with E-state index in [0.717, 1.165) is 11.1 Å². The minimum Gasteiger partial charge on any atom is -0.495 e. The summed E-state index contributed by atoms with van der Waals surface area (Å²) in [6.07, 6.45) is -0.640. The van der Waals surface area contributed by atoms with Crippen molar-refractivity contribution < 1.29 is 14.3 Å². The number of hydrogen-bond acceptors (Lipinski definition) is 3. The van der Waals surface area contributed by atoms with Crippen LogP contribution in [0.15, 0.2) is 72.8 Å². The number of para-hydroxylation sites is 2.